The molecule has 0 spiro atoms. The van der Waals surface area contributed by atoms with Gasteiger partial charge in [0.2, 0.25) is 11.8 Å². The van der Waals surface area contributed by atoms with E-state index < -0.39 is 84.6 Å². The van der Waals surface area contributed by atoms with Crippen LogP contribution in [0.4, 0.5) is 5.82 Å². The van der Waals surface area contributed by atoms with Crippen LogP contribution in [-0.2, 0) is 50.7 Å². The predicted molar refractivity (Wildman–Crippen MR) is 178 cm³/mol. The van der Waals surface area contributed by atoms with Crippen molar-refractivity contribution in [3.8, 4) is 0 Å². The molecule has 0 aromatic carbocycles. The normalized spacial score (nSPS) is 22.2. The predicted octanol–water partition coefficient (Wildman–Crippen LogP) is -1.15. The molecule has 2 aromatic heterocycles. The molecule has 2 aromatic rings. The highest BCUT2D eigenvalue weighted by molar-refractivity contribution is 8.13. The Kier molecular flexibility index (Phi) is 16.4. The van der Waals surface area contributed by atoms with E-state index in [9.17, 15) is 57.9 Å². The summed E-state index contributed by atoms with van der Waals surface area (Å²) in [6, 6.07) is 0. The minimum atomic E-state index is -5.56. The van der Waals surface area contributed by atoms with Gasteiger partial charge in [-0.3, -0.25) is 32.5 Å². The molecule has 0 bridgehead atoms. The Morgan fingerprint density at radius 3 is 2.37 bits per heavy atom. The molecule has 2 unspecified atom stereocenters. The summed E-state index contributed by atoms with van der Waals surface area (Å²) in [4.78, 5) is 85.9. The van der Waals surface area contributed by atoms with Crippen molar-refractivity contribution in [3.05, 3.63) is 12.7 Å². The molecular weight excluding hydrogens is 785 g/mol. The Hall–Kier alpha value is -2.48. The van der Waals surface area contributed by atoms with Gasteiger partial charge in [-0.2, -0.15) is 4.31 Å². The van der Waals surface area contributed by atoms with E-state index in [0.717, 1.165) is 29.0 Å². The van der Waals surface area contributed by atoms with Crippen LogP contribution in [0.25, 0.3) is 11.2 Å². The van der Waals surface area contributed by atoms with Crippen molar-refractivity contribution in [2.75, 3.05) is 37.8 Å². The number of nitrogens with zero attached hydrogens (tertiary/aromatic N) is 4. The second kappa shape index (κ2) is 18.7. The number of carbonyl (C=O) groups excluding carboxylic acids is 3. The van der Waals surface area contributed by atoms with E-state index in [1.807, 2.05) is 0 Å². The van der Waals surface area contributed by atoms with Crippen LogP contribution in [-0.4, -0.2) is 123 Å². The fourth-order valence-corrected chi connectivity index (χ4v) is 7.65. The SMILES string of the molecule is CC(=O)SCCNC(=O)CCNC(=O)[C@H](O)C(C)(C)COP(=O)(O)OP(=O)(O)OC[C@H]1O[C@@H](n2cnc3c(N)ncnc32)[C@H](O)[C@@H]1OP(=O)(O)O.N. The van der Waals surface area contributed by atoms with Gasteiger partial charge in [0.25, 0.3) is 0 Å². The number of phosphoric ester groups is 3. The number of ether oxygens (including phenoxy) is 1. The maximum absolute atomic E-state index is 12.6. The van der Waals surface area contributed by atoms with Crippen LogP contribution in [0.15, 0.2) is 12.7 Å². The Labute approximate surface area is 299 Å². The molecule has 296 valence electrons. The summed E-state index contributed by atoms with van der Waals surface area (Å²) in [5.41, 5.74) is 4.26. The van der Waals surface area contributed by atoms with Crippen molar-refractivity contribution in [1.82, 2.24) is 36.3 Å². The zero-order chi connectivity index (χ0) is 38.4. The first-order chi connectivity index (χ1) is 23.5. The van der Waals surface area contributed by atoms with Crippen molar-refractivity contribution in [3.63, 3.8) is 0 Å². The summed E-state index contributed by atoms with van der Waals surface area (Å²) in [5.74, 6) is -1.08. The number of aromatic nitrogens is 4. The number of aliphatic hydroxyl groups excluding tert-OH is 2. The first-order valence-corrected chi connectivity index (χ1v) is 20.0. The van der Waals surface area contributed by atoms with Gasteiger partial charge in [0.15, 0.2) is 22.8 Å². The smallest absolute Gasteiger partial charge is 0.386 e. The van der Waals surface area contributed by atoms with E-state index in [2.05, 4.69) is 34.4 Å². The molecule has 1 fully saturated rings. The summed E-state index contributed by atoms with van der Waals surface area (Å²) < 4.78 is 61.8. The Morgan fingerprint density at radius 2 is 1.73 bits per heavy atom. The van der Waals surface area contributed by atoms with Crippen molar-refractivity contribution < 1.29 is 80.5 Å². The van der Waals surface area contributed by atoms with Crippen molar-refractivity contribution in [2.24, 2.45) is 5.41 Å². The fourth-order valence-electron chi connectivity index (χ4n) is 4.32. The van der Waals surface area contributed by atoms with E-state index in [1.54, 1.807) is 0 Å². The zero-order valence-corrected chi connectivity index (χ0v) is 31.3. The summed E-state index contributed by atoms with van der Waals surface area (Å²) in [5, 5.41) is 26.1. The molecule has 0 radical (unpaired) electrons. The average molecular weight is 827 g/mol. The van der Waals surface area contributed by atoms with E-state index in [-0.39, 0.29) is 47.8 Å². The standard InChI is InChI=1S/C23H38N7O17P3S.H3N/c1-12(31)51-7-6-25-14(32)4-5-26-21(35)18(34)23(2,3)9-44-50(41,42)47-49(39,40)43-8-13-17(46-48(36,37)38)16(33)22(45-13)30-11-29-15-19(24)27-10-28-20(15)30;/h10-11,13,16-18,22,33-34H,4-9H2,1-3H3,(H,25,32)(H,26,35)(H,39,40)(H,41,42)(H2,24,27,28)(H2,36,37,38);1H3/t13-,16-,17-,18+,22-;/m1./s1. The van der Waals surface area contributed by atoms with E-state index >= 15 is 0 Å². The van der Waals surface area contributed by atoms with Gasteiger partial charge in [0.1, 0.15) is 36.3 Å². The number of carbonyl (C=O) groups is 3. The Bertz CT molecular complexity index is 1710. The van der Waals surface area contributed by atoms with Gasteiger partial charge in [-0.15, -0.1) is 0 Å². The maximum atomic E-state index is 12.6. The van der Waals surface area contributed by atoms with Gasteiger partial charge in [0, 0.05) is 37.6 Å². The van der Waals surface area contributed by atoms with Gasteiger partial charge in [-0.05, 0) is 0 Å². The minimum Gasteiger partial charge on any atom is -0.386 e. The highest BCUT2D eigenvalue weighted by Crippen LogP contribution is 2.61. The number of nitrogen functional groups attached to an aromatic ring is 1. The van der Waals surface area contributed by atoms with Crippen LogP contribution in [0, 0.1) is 5.41 Å². The highest BCUT2D eigenvalue weighted by atomic mass is 32.2. The molecular formula is C23H41N8O17P3S. The molecule has 1 saturated heterocycles. The summed E-state index contributed by atoms with van der Waals surface area (Å²) >= 11 is 1.03. The number of aliphatic hydroxyl groups is 2. The Morgan fingerprint density at radius 1 is 1.08 bits per heavy atom. The molecule has 2 amide bonds. The lowest BCUT2D eigenvalue weighted by molar-refractivity contribution is -0.137. The monoisotopic (exact) mass is 826 g/mol. The third kappa shape index (κ3) is 13.4. The van der Waals surface area contributed by atoms with Crippen molar-refractivity contribution in [1.29, 1.82) is 0 Å². The van der Waals surface area contributed by atoms with Gasteiger partial charge in [-0.1, -0.05) is 25.6 Å². The third-order valence-corrected chi connectivity index (χ3v) is 10.7. The third-order valence-electron chi connectivity index (χ3n) is 6.81. The van der Waals surface area contributed by atoms with Gasteiger partial charge in [0.05, 0.1) is 19.5 Å². The molecule has 0 saturated carbocycles. The van der Waals surface area contributed by atoms with Gasteiger partial charge < -0.3 is 57.0 Å². The molecule has 7 atom stereocenters. The number of hydrogen-bond acceptors (Lipinski definition) is 19. The number of anilines is 1. The first-order valence-electron chi connectivity index (χ1n) is 14.5. The summed E-state index contributed by atoms with van der Waals surface area (Å²) in [7, 11) is -16.4. The molecule has 0 aliphatic carbocycles. The van der Waals surface area contributed by atoms with E-state index in [1.165, 1.54) is 20.8 Å². The minimum absolute atomic E-state index is 0. The highest BCUT2D eigenvalue weighted by Gasteiger charge is 2.50. The van der Waals surface area contributed by atoms with E-state index in [4.69, 9.17) is 19.5 Å². The number of phosphoric acid groups is 3. The van der Waals surface area contributed by atoms with Gasteiger partial charge >= 0.3 is 23.5 Å². The molecule has 1 aliphatic heterocycles. The summed E-state index contributed by atoms with van der Waals surface area (Å²) in [6.45, 7) is 1.90. The second-order valence-electron chi connectivity index (χ2n) is 11.4. The quantitative estimate of drug-likeness (QED) is 0.0590. The summed E-state index contributed by atoms with van der Waals surface area (Å²) in [6.07, 6.45) is -6.88. The van der Waals surface area contributed by atoms with Crippen LogP contribution in [0.2, 0.25) is 0 Å². The zero-order valence-electron chi connectivity index (χ0n) is 27.8. The lowest BCUT2D eigenvalue weighted by Crippen LogP contribution is -2.46. The van der Waals surface area contributed by atoms with Crippen LogP contribution in [0.3, 0.4) is 0 Å². The topological polar surface area (TPSA) is 399 Å². The Balaban J connectivity index is 0.00000936. The fraction of sp³-hybridized carbons (Fsp3) is 0.652. The molecule has 29 heteroatoms. The average Bonchev–Trinajstić information content (AvgIpc) is 3.57. The largest absolute Gasteiger partial charge is 0.481 e. The molecule has 25 nitrogen and oxygen atoms in total. The van der Waals surface area contributed by atoms with E-state index in [0.29, 0.717) is 5.75 Å². The van der Waals surface area contributed by atoms with Crippen molar-refractivity contribution in [2.45, 2.75) is 57.8 Å². The van der Waals surface area contributed by atoms with Crippen molar-refractivity contribution >= 4 is 69.1 Å². The number of thioether (sulfide) groups is 1. The lowest BCUT2D eigenvalue weighted by Gasteiger charge is -2.30. The lowest BCUT2D eigenvalue weighted by atomic mass is 9.87. The number of rotatable bonds is 19. The second-order valence-corrected chi connectivity index (χ2v) is 16.9. The van der Waals surface area contributed by atoms with Crippen LogP contribution in [0.5, 0.6) is 0 Å². The molecule has 3 heterocycles. The number of nitrogens with two attached hydrogens (primary N) is 1. The number of fused-ring (bicyclic) bond motifs is 1. The first kappa shape index (κ1) is 45.7. The maximum Gasteiger partial charge on any atom is 0.481 e. The molecule has 52 heavy (non-hydrogen) atoms. The van der Waals surface area contributed by atoms with Crippen LogP contribution in [0.1, 0.15) is 33.4 Å². The van der Waals surface area contributed by atoms with Crippen LogP contribution < -0.4 is 22.5 Å². The van der Waals surface area contributed by atoms with Gasteiger partial charge in [-0.25, -0.2) is 28.6 Å². The number of nitrogens with one attached hydrogen (secondary N) is 2. The van der Waals surface area contributed by atoms with Crippen LogP contribution >= 0.6 is 35.2 Å². The molecule has 13 N–H and O–H groups in total. The molecule has 3 rings (SSSR count). The number of imidazole rings is 1. The number of hydrogen-bond donors (Lipinski definition) is 10. The molecule has 1 aliphatic rings. The number of amides is 2.